The molecule has 0 spiro atoms. The molecule has 2 aromatic heterocycles. The van der Waals surface area contributed by atoms with Crippen molar-refractivity contribution in [1.82, 2.24) is 19.9 Å². The Morgan fingerprint density at radius 1 is 1.02 bits per heavy atom. The number of aliphatic hydroxyl groups is 1. The van der Waals surface area contributed by atoms with Crippen LogP contribution in [0.3, 0.4) is 0 Å². The summed E-state index contributed by atoms with van der Waals surface area (Å²) >= 11 is 6.30. The fourth-order valence-electron chi connectivity index (χ4n) is 4.89. The average molecular weight is 563 g/mol. The van der Waals surface area contributed by atoms with Crippen molar-refractivity contribution >= 4 is 22.7 Å². The van der Waals surface area contributed by atoms with Gasteiger partial charge in [-0.25, -0.2) is 9.37 Å². The molecular formula is C30H28ClFN4O4. The van der Waals surface area contributed by atoms with Crippen molar-refractivity contribution in [2.75, 3.05) is 26.2 Å². The van der Waals surface area contributed by atoms with Crippen LogP contribution < -0.4 is 4.74 Å². The minimum absolute atomic E-state index is 0.318. The second-order valence-electron chi connectivity index (χ2n) is 9.87. The number of oxazole rings is 1. The van der Waals surface area contributed by atoms with E-state index in [1.54, 1.807) is 37.3 Å². The number of fused-ring (bicyclic) bond motifs is 1. The third-order valence-electron chi connectivity index (χ3n) is 6.97. The van der Waals surface area contributed by atoms with Gasteiger partial charge >= 0.3 is 0 Å². The minimum Gasteiger partial charge on any atom is -0.472 e. The molecule has 0 aliphatic carbocycles. The third-order valence-corrected chi connectivity index (χ3v) is 7.30. The maximum absolute atomic E-state index is 13.3. The molecule has 10 heteroatoms. The van der Waals surface area contributed by atoms with E-state index in [2.05, 4.69) is 19.9 Å². The molecule has 1 aliphatic heterocycles. The molecule has 1 aliphatic rings. The first kappa shape index (κ1) is 26.5. The van der Waals surface area contributed by atoms with Gasteiger partial charge in [-0.05, 0) is 49.4 Å². The highest BCUT2D eigenvalue weighted by Crippen LogP contribution is 2.29. The smallest absolute Gasteiger partial charge is 0.227 e. The highest BCUT2D eigenvalue weighted by atomic mass is 35.5. The van der Waals surface area contributed by atoms with Gasteiger partial charge in [0.25, 0.3) is 0 Å². The minimum atomic E-state index is -0.721. The van der Waals surface area contributed by atoms with Gasteiger partial charge in [0, 0.05) is 49.4 Å². The largest absolute Gasteiger partial charge is 0.472 e. The summed E-state index contributed by atoms with van der Waals surface area (Å²) in [6.45, 7) is 5.33. The molecule has 6 rings (SSSR count). The van der Waals surface area contributed by atoms with Gasteiger partial charge in [0.05, 0.1) is 11.6 Å². The molecular weight excluding hydrogens is 535 g/mol. The Balaban J connectivity index is 1.09. The van der Waals surface area contributed by atoms with Crippen molar-refractivity contribution < 1.29 is 23.2 Å². The van der Waals surface area contributed by atoms with Crippen LogP contribution in [0.1, 0.15) is 12.7 Å². The predicted molar refractivity (Wildman–Crippen MR) is 149 cm³/mol. The lowest BCUT2D eigenvalue weighted by Crippen LogP contribution is -2.55. The Hall–Kier alpha value is -3.76. The van der Waals surface area contributed by atoms with Crippen LogP contribution in [0.4, 0.5) is 4.39 Å². The number of ether oxygens (including phenoxy) is 1. The van der Waals surface area contributed by atoms with E-state index < -0.39 is 12.3 Å². The molecule has 8 nitrogen and oxygen atoms in total. The van der Waals surface area contributed by atoms with Gasteiger partial charge < -0.3 is 18.8 Å². The highest BCUT2D eigenvalue weighted by Gasteiger charge is 2.29. The third kappa shape index (κ3) is 5.73. The molecule has 0 saturated carbocycles. The molecule has 3 heterocycles. The number of aromatic nitrogens is 2. The summed E-state index contributed by atoms with van der Waals surface area (Å²) in [6.07, 6.45) is -1.25. The number of nitrogens with zero attached hydrogens (tertiary/aromatic N) is 4. The van der Waals surface area contributed by atoms with Crippen molar-refractivity contribution in [1.29, 1.82) is 0 Å². The van der Waals surface area contributed by atoms with Crippen molar-refractivity contribution in [3.05, 3.63) is 89.4 Å². The van der Waals surface area contributed by atoms with E-state index in [0.717, 1.165) is 30.1 Å². The van der Waals surface area contributed by atoms with E-state index in [-0.39, 0.29) is 5.82 Å². The molecule has 0 bridgehead atoms. The molecule has 5 aromatic rings. The van der Waals surface area contributed by atoms with Crippen LogP contribution in [0.2, 0.25) is 5.02 Å². The van der Waals surface area contributed by atoms with Gasteiger partial charge in [-0.3, -0.25) is 9.80 Å². The number of aliphatic hydroxyl groups excluding tert-OH is 1. The van der Waals surface area contributed by atoms with Gasteiger partial charge in [-0.1, -0.05) is 35.0 Å². The quantitative estimate of drug-likeness (QED) is 0.252. The Bertz CT molecular complexity index is 1600. The number of rotatable bonds is 8. The summed E-state index contributed by atoms with van der Waals surface area (Å²) in [7, 11) is 0. The van der Waals surface area contributed by atoms with Crippen LogP contribution in [-0.2, 0) is 6.54 Å². The molecule has 2 atom stereocenters. The molecule has 0 radical (unpaired) electrons. The van der Waals surface area contributed by atoms with Crippen molar-refractivity contribution in [2.45, 2.75) is 25.8 Å². The summed E-state index contributed by atoms with van der Waals surface area (Å²) in [5, 5.41) is 15.4. The lowest BCUT2D eigenvalue weighted by atomic mass is 10.1. The molecule has 1 fully saturated rings. The number of hydrogen-bond donors (Lipinski definition) is 1. The van der Waals surface area contributed by atoms with Gasteiger partial charge in [-0.2, -0.15) is 0 Å². The standard InChI is InChI=1S/C30H28ClFN4O4/c1-19(37)30(38-22-10-11-28-27(16-22)33-29(39-28)20-6-8-21(32)9-7-20)36-14-12-35(13-15-36)18-23-17-26(34-40-23)24-4-2-3-5-25(24)31/h2-11,16-17,19,30,37H,12-15,18H2,1H3/t19-,30?/m0/s1. The van der Waals surface area contributed by atoms with E-state index in [9.17, 15) is 9.50 Å². The van der Waals surface area contributed by atoms with Crippen LogP contribution >= 0.6 is 11.6 Å². The van der Waals surface area contributed by atoms with E-state index in [0.29, 0.717) is 53.0 Å². The first-order valence-electron chi connectivity index (χ1n) is 13.1. The normalized spacial score (nSPS) is 16.3. The summed E-state index contributed by atoms with van der Waals surface area (Å²) in [5.74, 6) is 1.43. The van der Waals surface area contributed by atoms with Gasteiger partial charge in [0.2, 0.25) is 5.89 Å². The summed E-state index contributed by atoms with van der Waals surface area (Å²) in [4.78, 5) is 8.96. The Kier molecular flexibility index (Phi) is 7.53. The maximum atomic E-state index is 13.3. The Labute approximate surface area is 235 Å². The van der Waals surface area contributed by atoms with E-state index >= 15 is 0 Å². The topological polar surface area (TPSA) is 88.0 Å². The molecule has 40 heavy (non-hydrogen) atoms. The van der Waals surface area contributed by atoms with Crippen LogP contribution in [0.15, 0.2) is 81.7 Å². The molecule has 3 aromatic carbocycles. The van der Waals surface area contributed by atoms with Gasteiger partial charge in [0.15, 0.2) is 17.6 Å². The predicted octanol–water partition coefficient (Wildman–Crippen LogP) is 5.85. The van der Waals surface area contributed by atoms with E-state index in [1.165, 1.54) is 12.1 Å². The number of halogens is 2. The van der Waals surface area contributed by atoms with Gasteiger partial charge in [0.1, 0.15) is 28.9 Å². The van der Waals surface area contributed by atoms with Crippen molar-refractivity contribution in [2.24, 2.45) is 0 Å². The van der Waals surface area contributed by atoms with Crippen molar-refractivity contribution in [3.8, 4) is 28.5 Å². The second-order valence-corrected chi connectivity index (χ2v) is 10.3. The van der Waals surface area contributed by atoms with E-state index in [4.69, 9.17) is 25.3 Å². The fourth-order valence-corrected chi connectivity index (χ4v) is 5.13. The zero-order chi connectivity index (χ0) is 27.6. The zero-order valence-corrected chi connectivity index (χ0v) is 22.6. The SMILES string of the molecule is C[C@H](O)C(Oc1ccc2oc(-c3ccc(F)cc3)nc2c1)N1CCN(Cc2cc(-c3ccccc3Cl)no2)CC1. The summed E-state index contributed by atoms with van der Waals surface area (Å²) in [6, 6.07) is 20.9. The Morgan fingerprint density at radius 2 is 1.80 bits per heavy atom. The first-order chi connectivity index (χ1) is 19.4. The Morgan fingerprint density at radius 3 is 2.55 bits per heavy atom. The molecule has 0 amide bonds. The molecule has 1 unspecified atom stereocenters. The summed E-state index contributed by atoms with van der Waals surface area (Å²) < 4.78 is 31.0. The van der Waals surface area contributed by atoms with Crippen molar-refractivity contribution in [3.63, 3.8) is 0 Å². The maximum Gasteiger partial charge on any atom is 0.227 e. The average Bonchev–Trinajstić information content (AvgIpc) is 3.60. The lowest BCUT2D eigenvalue weighted by molar-refractivity contribution is -0.0756. The molecule has 206 valence electrons. The number of hydrogen-bond acceptors (Lipinski definition) is 8. The van der Waals surface area contributed by atoms with Crippen LogP contribution in [0.5, 0.6) is 5.75 Å². The monoisotopic (exact) mass is 562 g/mol. The number of benzene rings is 3. The zero-order valence-electron chi connectivity index (χ0n) is 21.8. The fraction of sp³-hybridized carbons (Fsp3) is 0.267. The number of piperazine rings is 1. The van der Waals surface area contributed by atoms with Crippen LogP contribution in [-0.4, -0.2) is 63.6 Å². The van der Waals surface area contributed by atoms with Crippen LogP contribution in [0.25, 0.3) is 33.8 Å². The van der Waals surface area contributed by atoms with Gasteiger partial charge in [-0.15, -0.1) is 0 Å². The van der Waals surface area contributed by atoms with Crippen LogP contribution in [0, 0.1) is 5.82 Å². The molecule has 1 N–H and O–H groups in total. The molecule has 1 saturated heterocycles. The lowest BCUT2D eigenvalue weighted by Gasteiger charge is -2.39. The first-order valence-corrected chi connectivity index (χ1v) is 13.5. The summed E-state index contributed by atoms with van der Waals surface area (Å²) in [5.41, 5.74) is 3.46. The van der Waals surface area contributed by atoms with E-state index in [1.807, 2.05) is 30.3 Å². The second kappa shape index (κ2) is 11.4. The highest BCUT2D eigenvalue weighted by molar-refractivity contribution is 6.33.